The summed E-state index contributed by atoms with van der Waals surface area (Å²) in [6, 6.07) is 21.8. The molecular weight excluding hydrogens is 296 g/mol. The molecule has 0 N–H and O–H groups in total. The predicted molar refractivity (Wildman–Crippen MR) is 95.9 cm³/mol. The van der Waals surface area contributed by atoms with Crippen LogP contribution in [0.25, 0.3) is 11.3 Å². The standard InChI is InChI=1S/C21H18N2O/c1-15-7-6-8-17(11-15)14-23-20(18-9-4-3-5-10-18)12-16(2)19(13-22)21(23)24/h3-12H,14H2,1-2H3. The maximum Gasteiger partial charge on any atom is 0.269 e. The molecule has 0 amide bonds. The van der Waals surface area contributed by atoms with Gasteiger partial charge in [-0.3, -0.25) is 4.79 Å². The van der Waals surface area contributed by atoms with Gasteiger partial charge in [0.05, 0.1) is 12.2 Å². The number of aromatic nitrogens is 1. The van der Waals surface area contributed by atoms with Gasteiger partial charge in [-0.05, 0) is 36.6 Å². The lowest BCUT2D eigenvalue weighted by Gasteiger charge is -2.15. The van der Waals surface area contributed by atoms with Crippen molar-refractivity contribution in [2.45, 2.75) is 20.4 Å². The number of hydrogen-bond acceptors (Lipinski definition) is 2. The van der Waals surface area contributed by atoms with E-state index in [0.29, 0.717) is 12.1 Å². The third-order valence-corrected chi connectivity index (χ3v) is 4.10. The first-order valence-electron chi connectivity index (χ1n) is 7.85. The van der Waals surface area contributed by atoms with Gasteiger partial charge in [0.15, 0.2) is 0 Å². The van der Waals surface area contributed by atoms with Crippen LogP contribution in [0.3, 0.4) is 0 Å². The third kappa shape index (κ3) is 3.00. The van der Waals surface area contributed by atoms with Gasteiger partial charge < -0.3 is 4.57 Å². The maximum atomic E-state index is 12.8. The Kier molecular flexibility index (Phi) is 4.31. The fourth-order valence-corrected chi connectivity index (χ4v) is 2.90. The molecule has 0 radical (unpaired) electrons. The van der Waals surface area contributed by atoms with Crippen molar-refractivity contribution >= 4 is 0 Å². The molecule has 0 aliphatic rings. The molecule has 0 aliphatic carbocycles. The molecule has 0 saturated heterocycles. The fourth-order valence-electron chi connectivity index (χ4n) is 2.90. The highest BCUT2D eigenvalue weighted by Crippen LogP contribution is 2.21. The number of hydrogen-bond donors (Lipinski definition) is 0. The summed E-state index contributed by atoms with van der Waals surface area (Å²) in [7, 11) is 0. The second kappa shape index (κ2) is 6.55. The smallest absolute Gasteiger partial charge is 0.269 e. The van der Waals surface area contributed by atoms with Crippen molar-refractivity contribution in [2.24, 2.45) is 0 Å². The molecular formula is C21H18N2O. The van der Waals surface area contributed by atoms with Crippen LogP contribution in [0.2, 0.25) is 0 Å². The Bertz CT molecular complexity index is 979. The number of nitrogens with zero attached hydrogens (tertiary/aromatic N) is 2. The molecule has 1 heterocycles. The average molecular weight is 314 g/mol. The molecule has 0 atom stereocenters. The predicted octanol–water partition coefficient (Wildman–Crippen LogP) is 4.05. The van der Waals surface area contributed by atoms with Crippen LogP contribution >= 0.6 is 0 Å². The summed E-state index contributed by atoms with van der Waals surface area (Å²) in [6.45, 7) is 4.28. The molecule has 0 unspecified atom stereocenters. The summed E-state index contributed by atoms with van der Waals surface area (Å²) in [5.41, 5.74) is 4.67. The summed E-state index contributed by atoms with van der Waals surface area (Å²) in [4.78, 5) is 12.8. The van der Waals surface area contributed by atoms with Gasteiger partial charge >= 0.3 is 0 Å². The molecule has 0 saturated carbocycles. The van der Waals surface area contributed by atoms with Gasteiger partial charge in [0.1, 0.15) is 11.6 Å². The van der Waals surface area contributed by atoms with Crippen molar-refractivity contribution in [1.29, 1.82) is 5.26 Å². The maximum absolute atomic E-state index is 12.8. The Morgan fingerprint density at radius 1 is 1.00 bits per heavy atom. The Labute approximate surface area is 141 Å². The number of benzene rings is 2. The summed E-state index contributed by atoms with van der Waals surface area (Å²) in [5, 5.41) is 9.33. The number of nitriles is 1. The second-order valence-electron chi connectivity index (χ2n) is 5.95. The topological polar surface area (TPSA) is 45.8 Å². The summed E-state index contributed by atoms with van der Waals surface area (Å²) < 4.78 is 1.69. The van der Waals surface area contributed by atoms with Gasteiger partial charge in [0, 0.05) is 0 Å². The van der Waals surface area contributed by atoms with Gasteiger partial charge in [0.2, 0.25) is 0 Å². The van der Waals surface area contributed by atoms with Crippen LogP contribution < -0.4 is 5.56 Å². The molecule has 0 fully saturated rings. The number of pyridine rings is 1. The van der Waals surface area contributed by atoms with Crippen LogP contribution in [0.4, 0.5) is 0 Å². The SMILES string of the molecule is Cc1cccc(Cn2c(-c3ccccc3)cc(C)c(C#N)c2=O)c1. The minimum absolute atomic E-state index is 0.210. The second-order valence-corrected chi connectivity index (χ2v) is 5.95. The molecule has 118 valence electrons. The monoisotopic (exact) mass is 314 g/mol. The van der Waals surface area contributed by atoms with Crippen molar-refractivity contribution in [3.8, 4) is 17.3 Å². The van der Waals surface area contributed by atoms with E-state index in [9.17, 15) is 10.1 Å². The third-order valence-electron chi connectivity index (χ3n) is 4.10. The van der Waals surface area contributed by atoms with Gasteiger partial charge in [-0.2, -0.15) is 5.26 Å². The van der Waals surface area contributed by atoms with Crippen molar-refractivity contribution in [3.05, 3.63) is 93.3 Å². The normalized spacial score (nSPS) is 10.4. The average Bonchev–Trinajstić information content (AvgIpc) is 2.58. The van der Waals surface area contributed by atoms with Gasteiger partial charge in [-0.15, -0.1) is 0 Å². The molecule has 0 bridgehead atoms. The molecule has 2 aromatic carbocycles. The van der Waals surface area contributed by atoms with Crippen LogP contribution in [-0.4, -0.2) is 4.57 Å². The number of rotatable bonds is 3. The van der Waals surface area contributed by atoms with E-state index < -0.39 is 0 Å². The Morgan fingerprint density at radius 2 is 1.75 bits per heavy atom. The van der Waals surface area contributed by atoms with E-state index in [-0.39, 0.29) is 11.1 Å². The lowest BCUT2D eigenvalue weighted by atomic mass is 10.0. The van der Waals surface area contributed by atoms with E-state index in [1.54, 1.807) is 4.57 Å². The van der Waals surface area contributed by atoms with E-state index in [1.807, 2.05) is 74.5 Å². The summed E-state index contributed by atoms with van der Waals surface area (Å²) >= 11 is 0. The van der Waals surface area contributed by atoms with Crippen molar-refractivity contribution in [2.75, 3.05) is 0 Å². The molecule has 24 heavy (non-hydrogen) atoms. The van der Waals surface area contributed by atoms with Crippen LogP contribution in [0.1, 0.15) is 22.3 Å². The zero-order valence-corrected chi connectivity index (χ0v) is 13.8. The van der Waals surface area contributed by atoms with Crippen molar-refractivity contribution in [1.82, 2.24) is 4.57 Å². The minimum Gasteiger partial charge on any atom is -0.303 e. The molecule has 3 nitrogen and oxygen atoms in total. The quantitative estimate of drug-likeness (QED) is 0.732. The Balaban J connectivity index is 2.22. The highest BCUT2D eigenvalue weighted by atomic mass is 16.1. The first-order valence-corrected chi connectivity index (χ1v) is 7.85. The highest BCUT2D eigenvalue weighted by molar-refractivity contribution is 5.62. The van der Waals surface area contributed by atoms with Crippen LogP contribution in [-0.2, 0) is 6.54 Å². The Hall–Kier alpha value is -3.12. The van der Waals surface area contributed by atoms with Crippen molar-refractivity contribution < 1.29 is 0 Å². The van der Waals surface area contributed by atoms with E-state index in [2.05, 4.69) is 6.07 Å². The molecule has 3 heteroatoms. The van der Waals surface area contributed by atoms with E-state index >= 15 is 0 Å². The van der Waals surface area contributed by atoms with Gasteiger partial charge in [-0.25, -0.2) is 0 Å². The molecule has 0 aliphatic heterocycles. The molecule has 3 aromatic rings. The van der Waals surface area contributed by atoms with Crippen LogP contribution in [0.15, 0.2) is 65.5 Å². The number of aryl methyl sites for hydroxylation is 2. The Morgan fingerprint density at radius 3 is 2.42 bits per heavy atom. The lowest BCUT2D eigenvalue weighted by molar-refractivity contribution is 0.762. The lowest BCUT2D eigenvalue weighted by Crippen LogP contribution is -2.25. The van der Waals surface area contributed by atoms with Crippen LogP contribution in [0.5, 0.6) is 0 Å². The van der Waals surface area contributed by atoms with Crippen LogP contribution in [0, 0.1) is 25.2 Å². The minimum atomic E-state index is -0.238. The van der Waals surface area contributed by atoms with Gasteiger partial charge in [-0.1, -0.05) is 60.2 Å². The summed E-state index contributed by atoms with van der Waals surface area (Å²) in [6.07, 6.45) is 0. The largest absolute Gasteiger partial charge is 0.303 e. The first kappa shape index (κ1) is 15.8. The molecule has 1 aromatic heterocycles. The highest BCUT2D eigenvalue weighted by Gasteiger charge is 2.14. The first-order chi connectivity index (χ1) is 11.6. The van der Waals surface area contributed by atoms with E-state index in [1.165, 1.54) is 0 Å². The molecule has 0 spiro atoms. The molecule has 3 rings (SSSR count). The zero-order chi connectivity index (χ0) is 17.1. The van der Waals surface area contributed by atoms with Crippen molar-refractivity contribution in [3.63, 3.8) is 0 Å². The van der Waals surface area contributed by atoms with E-state index in [0.717, 1.165) is 22.4 Å². The summed E-state index contributed by atoms with van der Waals surface area (Å²) in [5.74, 6) is 0. The fraction of sp³-hybridized carbons (Fsp3) is 0.143. The van der Waals surface area contributed by atoms with Gasteiger partial charge in [0.25, 0.3) is 5.56 Å². The zero-order valence-electron chi connectivity index (χ0n) is 13.8. The van der Waals surface area contributed by atoms with E-state index in [4.69, 9.17) is 0 Å².